The van der Waals surface area contributed by atoms with Crippen molar-refractivity contribution in [2.45, 2.75) is 6.92 Å². The number of nitro groups is 1. The third-order valence-corrected chi connectivity index (χ3v) is 2.54. The van der Waals surface area contributed by atoms with Gasteiger partial charge in [-0.3, -0.25) is 0 Å². The maximum atomic E-state index is 10.7. The molecule has 0 fully saturated rings. The SMILES string of the molecule is Cc1nc2c(Br)cccn2c1[N+](=O)[O-]. The molecular weight excluding hydrogens is 250 g/mol. The normalized spacial score (nSPS) is 10.7. The summed E-state index contributed by atoms with van der Waals surface area (Å²) in [4.78, 5) is 14.4. The topological polar surface area (TPSA) is 60.4 Å². The molecule has 0 saturated carbocycles. The Morgan fingerprint density at radius 2 is 2.36 bits per heavy atom. The molecule has 0 saturated heterocycles. The molecule has 2 aromatic heterocycles. The number of aryl methyl sites for hydroxylation is 1. The molecule has 0 radical (unpaired) electrons. The Hall–Kier alpha value is -1.43. The van der Waals surface area contributed by atoms with Crippen LogP contribution in [0, 0.1) is 17.0 Å². The van der Waals surface area contributed by atoms with Gasteiger partial charge in [0.05, 0.1) is 10.7 Å². The molecule has 0 aliphatic carbocycles. The van der Waals surface area contributed by atoms with Crippen molar-refractivity contribution < 1.29 is 4.92 Å². The Morgan fingerprint density at radius 3 is 3.00 bits per heavy atom. The van der Waals surface area contributed by atoms with E-state index >= 15 is 0 Å². The van der Waals surface area contributed by atoms with Gasteiger partial charge < -0.3 is 10.1 Å². The number of aromatic nitrogens is 2. The first-order valence-corrected chi connectivity index (χ1v) is 4.68. The predicted octanol–water partition coefficient (Wildman–Crippen LogP) is 2.31. The molecule has 0 unspecified atom stereocenters. The molecule has 14 heavy (non-hydrogen) atoms. The molecule has 72 valence electrons. The van der Waals surface area contributed by atoms with E-state index in [1.54, 1.807) is 25.3 Å². The minimum atomic E-state index is -0.429. The van der Waals surface area contributed by atoms with Crippen LogP contribution >= 0.6 is 15.9 Å². The molecule has 2 aromatic rings. The van der Waals surface area contributed by atoms with Crippen molar-refractivity contribution in [2.75, 3.05) is 0 Å². The van der Waals surface area contributed by atoms with Crippen LogP contribution in [0.25, 0.3) is 5.65 Å². The first kappa shape index (κ1) is 9.14. The summed E-state index contributed by atoms with van der Waals surface area (Å²) in [6.45, 7) is 1.62. The number of hydrogen-bond donors (Lipinski definition) is 0. The summed E-state index contributed by atoms with van der Waals surface area (Å²) in [6, 6.07) is 3.52. The molecule has 2 heterocycles. The third kappa shape index (κ3) is 1.19. The molecular formula is C8H6BrN3O2. The van der Waals surface area contributed by atoms with Crippen molar-refractivity contribution in [2.24, 2.45) is 0 Å². The van der Waals surface area contributed by atoms with Crippen LogP contribution < -0.4 is 0 Å². The number of fused-ring (bicyclic) bond motifs is 1. The van der Waals surface area contributed by atoms with Crippen molar-refractivity contribution in [1.29, 1.82) is 0 Å². The number of nitrogens with zero attached hydrogens (tertiary/aromatic N) is 3. The monoisotopic (exact) mass is 255 g/mol. The highest BCUT2D eigenvalue weighted by molar-refractivity contribution is 9.10. The predicted molar refractivity (Wildman–Crippen MR) is 54.3 cm³/mol. The van der Waals surface area contributed by atoms with Crippen LogP contribution in [-0.4, -0.2) is 14.3 Å². The molecule has 0 bridgehead atoms. The molecule has 0 aliphatic rings. The van der Waals surface area contributed by atoms with E-state index in [0.29, 0.717) is 11.3 Å². The van der Waals surface area contributed by atoms with Gasteiger partial charge in [0.15, 0.2) is 0 Å². The summed E-state index contributed by atoms with van der Waals surface area (Å²) in [6.07, 6.45) is 1.62. The standard InChI is InChI=1S/C8H6BrN3O2/c1-5-8(12(13)14)11-4-2-3-6(9)7(11)10-5/h2-4H,1H3. The summed E-state index contributed by atoms with van der Waals surface area (Å²) in [5, 5.41) is 10.7. The van der Waals surface area contributed by atoms with Crippen molar-refractivity contribution in [3.05, 3.63) is 38.6 Å². The molecule has 0 N–H and O–H groups in total. The van der Waals surface area contributed by atoms with E-state index in [9.17, 15) is 10.1 Å². The third-order valence-electron chi connectivity index (χ3n) is 1.92. The first-order chi connectivity index (χ1) is 6.61. The quantitative estimate of drug-likeness (QED) is 0.581. The van der Waals surface area contributed by atoms with Gasteiger partial charge in [-0.25, -0.2) is 4.98 Å². The Kier molecular flexibility index (Phi) is 1.99. The molecule has 0 atom stereocenters. The van der Waals surface area contributed by atoms with Crippen LogP contribution in [0.1, 0.15) is 5.69 Å². The first-order valence-electron chi connectivity index (χ1n) is 3.89. The fraction of sp³-hybridized carbons (Fsp3) is 0.125. The Balaban J connectivity index is 2.90. The van der Waals surface area contributed by atoms with E-state index in [-0.39, 0.29) is 5.82 Å². The van der Waals surface area contributed by atoms with Gasteiger partial charge >= 0.3 is 5.82 Å². The average molecular weight is 256 g/mol. The van der Waals surface area contributed by atoms with E-state index in [1.165, 1.54) is 4.40 Å². The summed E-state index contributed by atoms with van der Waals surface area (Å²) < 4.78 is 2.20. The van der Waals surface area contributed by atoms with Crippen LogP contribution in [-0.2, 0) is 0 Å². The van der Waals surface area contributed by atoms with E-state index in [0.717, 1.165) is 4.47 Å². The maximum Gasteiger partial charge on any atom is 0.350 e. The molecule has 0 spiro atoms. The van der Waals surface area contributed by atoms with Gasteiger partial charge in [0, 0.05) is 0 Å². The molecule has 6 heteroatoms. The van der Waals surface area contributed by atoms with Gasteiger partial charge in [0.2, 0.25) is 5.65 Å². The number of pyridine rings is 1. The van der Waals surface area contributed by atoms with E-state index in [1.807, 2.05) is 0 Å². The fourth-order valence-electron chi connectivity index (χ4n) is 1.36. The number of imidazole rings is 1. The second-order valence-corrected chi connectivity index (χ2v) is 3.68. The van der Waals surface area contributed by atoms with Gasteiger partial charge in [0.1, 0.15) is 5.69 Å². The lowest BCUT2D eigenvalue weighted by molar-refractivity contribution is -0.390. The lowest BCUT2D eigenvalue weighted by Gasteiger charge is -1.93. The van der Waals surface area contributed by atoms with Crippen molar-refractivity contribution in [3.63, 3.8) is 0 Å². The van der Waals surface area contributed by atoms with E-state index < -0.39 is 4.92 Å². The van der Waals surface area contributed by atoms with Gasteiger partial charge in [-0.05, 0) is 39.9 Å². The Morgan fingerprint density at radius 1 is 1.64 bits per heavy atom. The Labute approximate surface area is 87.7 Å². The maximum absolute atomic E-state index is 10.7. The zero-order chi connectivity index (χ0) is 10.3. The second-order valence-electron chi connectivity index (χ2n) is 2.83. The largest absolute Gasteiger partial charge is 0.358 e. The van der Waals surface area contributed by atoms with Crippen LogP contribution in [0.2, 0.25) is 0 Å². The van der Waals surface area contributed by atoms with Gasteiger partial charge in [-0.1, -0.05) is 0 Å². The molecule has 0 aromatic carbocycles. The highest BCUT2D eigenvalue weighted by Crippen LogP contribution is 2.24. The summed E-state index contributed by atoms with van der Waals surface area (Å²) in [7, 11) is 0. The smallest absolute Gasteiger partial charge is 0.350 e. The number of hydrogen-bond acceptors (Lipinski definition) is 3. The van der Waals surface area contributed by atoms with Gasteiger partial charge in [-0.15, -0.1) is 0 Å². The zero-order valence-electron chi connectivity index (χ0n) is 7.27. The van der Waals surface area contributed by atoms with E-state index in [4.69, 9.17) is 0 Å². The summed E-state index contributed by atoms with van der Waals surface area (Å²) in [5.41, 5.74) is 0.985. The highest BCUT2D eigenvalue weighted by atomic mass is 79.9. The molecule has 0 amide bonds. The molecule has 0 aliphatic heterocycles. The van der Waals surface area contributed by atoms with Crippen molar-refractivity contribution >= 4 is 27.4 Å². The second kappa shape index (κ2) is 3.06. The molecule has 5 nitrogen and oxygen atoms in total. The van der Waals surface area contributed by atoms with Crippen LogP contribution in [0.4, 0.5) is 5.82 Å². The lowest BCUT2D eigenvalue weighted by atomic mass is 10.5. The number of rotatable bonds is 1. The summed E-state index contributed by atoms with van der Waals surface area (Å²) >= 11 is 3.29. The van der Waals surface area contributed by atoms with Gasteiger partial charge in [-0.2, -0.15) is 4.40 Å². The zero-order valence-corrected chi connectivity index (χ0v) is 8.85. The average Bonchev–Trinajstić information content (AvgIpc) is 2.42. The van der Waals surface area contributed by atoms with Crippen molar-refractivity contribution in [3.8, 4) is 0 Å². The van der Waals surface area contributed by atoms with Crippen LogP contribution in [0.5, 0.6) is 0 Å². The minimum absolute atomic E-state index is 0.0151. The van der Waals surface area contributed by atoms with Crippen molar-refractivity contribution in [1.82, 2.24) is 9.38 Å². The van der Waals surface area contributed by atoms with Crippen LogP contribution in [0.3, 0.4) is 0 Å². The van der Waals surface area contributed by atoms with Crippen LogP contribution in [0.15, 0.2) is 22.8 Å². The minimum Gasteiger partial charge on any atom is -0.358 e. The summed E-state index contributed by atoms with van der Waals surface area (Å²) in [5.74, 6) is 0.0151. The molecule has 2 rings (SSSR count). The lowest BCUT2D eigenvalue weighted by Crippen LogP contribution is -1.95. The number of halogens is 1. The van der Waals surface area contributed by atoms with Gasteiger partial charge in [0.25, 0.3) is 0 Å². The highest BCUT2D eigenvalue weighted by Gasteiger charge is 2.20. The Bertz CT molecular complexity index is 521. The van der Waals surface area contributed by atoms with E-state index in [2.05, 4.69) is 20.9 Å². The fourth-order valence-corrected chi connectivity index (χ4v) is 1.79.